The van der Waals surface area contributed by atoms with Crippen molar-refractivity contribution in [3.05, 3.63) is 29.8 Å². The summed E-state index contributed by atoms with van der Waals surface area (Å²) in [6.45, 7) is 3.41. The summed E-state index contributed by atoms with van der Waals surface area (Å²) in [6, 6.07) is 8.25. The molecule has 1 aliphatic carbocycles. The first-order valence-corrected chi connectivity index (χ1v) is 8.04. The predicted octanol–water partition coefficient (Wildman–Crippen LogP) is 2.33. The highest BCUT2D eigenvalue weighted by Gasteiger charge is 2.23. The van der Waals surface area contributed by atoms with E-state index in [0.717, 1.165) is 36.6 Å². The van der Waals surface area contributed by atoms with E-state index in [1.807, 2.05) is 24.3 Å². The summed E-state index contributed by atoms with van der Waals surface area (Å²) in [5, 5.41) is 6.51. The maximum absolute atomic E-state index is 11.9. The van der Waals surface area contributed by atoms with Crippen LogP contribution in [0.3, 0.4) is 0 Å². The monoisotopic (exact) mass is 287 g/mol. The third-order valence-corrected chi connectivity index (χ3v) is 4.38. The van der Waals surface area contributed by atoms with Gasteiger partial charge in [0.2, 0.25) is 0 Å². The second-order valence-corrected chi connectivity index (χ2v) is 6.48. The van der Waals surface area contributed by atoms with Gasteiger partial charge < -0.3 is 15.5 Å². The number of rotatable bonds is 5. The molecule has 1 aromatic carbocycles. The molecule has 2 fully saturated rings. The number of piperidine rings is 1. The van der Waals surface area contributed by atoms with Crippen LogP contribution in [0.1, 0.15) is 36.0 Å². The summed E-state index contributed by atoms with van der Waals surface area (Å²) in [5.74, 6) is 0.777. The van der Waals surface area contributed by atoms with Gasteiger partial charge in [0.05, 0.1) is 0 Å². The van der Waals surface area contributed by atoms with Crippen molar-refractivity contribution in [2.24, 2.45) is 5.92 Å². The average Bonchev–Trinajstić information content (AvgIpc) is 3.30. The zero-order valence-electron chi connectivity index (χ0n) is 12.8. The van der Waals surface area contributed by atoms with Crippen LogP contribution in [-0.4, -0.2) is 43.5 Å². The summed E-state index contributed by atoms with van der Waals surface area (Å²) in [4.78, 5) is 14.3. The Labute approximate surface area is 126 Å². The van der Waals surface area contributed by atoms with Crippen molar-refractivity contribution in [1.82, 2.24) is 10.2 Å². The minimum Gasteiger partial charge on any atom is -0.385 e. The zero-order chi connectivity index (χ0) is 14.7. The van der Waals surface area contributed by atoms with Crippen molar-refractivity contribution in [2.45, 2.75) is 31.7 Å². The third kappa shape index (κ3) is 4.21. The molecule has 2 N–H and O–H groups in total. The smallest absolute Gasteiger partial charge is 0.251 e. The minimum atomic E-state index is 0.0537. The minimum absolute atomic E-state index is 0.0537. The van der Waals surface area contributed by atoms with Gasteiger partial charge in [-0.15, -0.1) is 0 Å². The number of amides is 1. The standard InChI is InChI=1S/C17H25N3O/c1-20-10-2-3-13(12-20)11-18-15-6-4-14(5-7-15)17(21)19-16-8-9-16/h4-7,13,16,18H,2-3,8-12H2,1H3,(H,19,21). The molecular weight excluding hydrogens is 262 g/mol. The molecule has 21 heavy (non-hydrogen) atoms. The Bertz CT molecular complexity index is 481. The molecule has 1 unspecified atom stereocenters. The highest BCUT2D eigenvalue weighted by Crippen LogP contribution is 2.20. The lowest BCUT2D eigenvalue weighted by atomic mass is 9.98. The van der Waals surface area contributed by atoms with Crippen LogP contribution < -0.4 is 10.6 Å². The summed E-state index contributed by atoms with van der Waals surface area (Å²) >= 11 is 0. The summed E-state index contributed by atoms with van der Waals surface area (Å²) in [7, 11) is 2.19. The van der Waals surface area contributed by atoms with Crippen LogP contribution in [0.4, 0.5) is 5.69 Å². The van der Waals surface area contributed by atoms with Gasteiger partial charge in [0.15, 0.2) is 0 Å². The van der Waals surface area contributed by atoms with Gasteiger partial charge in [-0.05, 0) is 69.5 Å². The van der Waals surface area contributed by atoms with Gasteiger partial charge in [-0.2, -0.15) is 0 Å². The molecule has 1 aromatic rings. The Morgan fingerprint density at radius 3 is 2.67 bits per heavy atom. The van der Waals surface area contributed by atoms with Gasteiger partial charge in [-0.3, -0.25) is 4.79 Å². The number of anilines is 1. The van der Waals surface area contributed by atoms with Gasteiger partial charge in [0.1, 0.15) is 0 Å². The first-order chi connectivity index (χ1) is 10.2. The quantitative estimate of drug-likeness (QED) is 0.873. The molecule has 114 valence electrons. The van der Waals surface area contributed by atoms with Gasteiger partial charge in [-0.1, -0.05) is 0 Å². The Hall–Kier alpha value is -1.55. The first kappa shape index (κ1) is 14.4. The van der Waals surface area contributed by atoms with E-state index in [0.29, 0.717) is 6.04 Å². The number of nitrogens with zero attached hydrogens (tertiary/aromatic N) is 1. The normalized spacial score (nSPS) is 22.8. The van der Waals surface area contributed by atoms with Crippen molar-refractivity contribution in [3.8, 4) is 0 Å². The van der Waals surface area contributed by atoms with Crippen molar-refractivity contribution in [3.63, 3.8) is 0 Å². The van der Waals surface area contributed by atoms with E-state index in [9.17, 15) is 4.79 Å². The van der Waals surface area contributed by atoms with Gasteiger partial charge in [-0.25, -0.2) is 0 Å². The molecule has 0 spiro atoms. The van der Waals surface area contributed by atoms with E-state index in [1.54, 1.807) is 0 Å². The molecule has 0 aromatic heterocycles. The molecule has 0 bridgehead atoms. The van der Waals surface area contributed by atoms with Gasteiger partial charge >= 0.3 is 0 Å². The molecule has 1 amide bonds. The van der Waals surface area contributed by atoms with Crippen LogP contribution in [-0.2, 0) is 0 Å². The molecule has 3 rings (SSSR count). The predicted molar refractivity (Wildman–Crippen MR) is 85.6 cm³/mol. The van der Waals surface area contributed by atoms with E-state index < -0.39 is 0 Å². The number of hydrogen-bond donors (Lipinski definition) is 2. The van der Waals surface area contributed by atoms with E-state index in [-0.39, 0.29) is 5.91 Å². The van der Waals surface area contributed by atoms with E-state index in [2.05, 4.69) is 22.6 Å². The summed E-state index contributed by atoms with van der Waals surface area (Å²) in [6.07, 6.45) is 4.85. The molecule has 1 saturated carbocycles. The fourth-order valence-corrected chi connectivity index (χ4v) is 2.94. The van der Waals surface area contributed by atoms with Gasteiger partial charge in [0.25, 0.3) is 5.91 Å². The highest BCUT2D eigenvalue weighted by atomic mass is 16.1. The van der Waals surface area contributed by atoms with Crippen molar-refractivity contribution < 1.29 is 4.79 Å². The molecule has 1 saturated heterocycles. The fourth-order valence-electron chi connectivity index (χ4n) is 2.94. The lowest BCUT2D eigenvalue weighted by molar-refractivity contribution is 0.0951. The van der Waals surface area contributed by atoms with E-state index in [4.69, 9.17) is 0 Å². The SMILES string of the molecule is CN1CCCC(CNc2ccc(C(=O)NC3CC3)cc2)C1. The van der Waals surface area contributed by atoms with Crippen LogP contribution in [0.2, 0.25) is 0 Å². The van der Waals surface area contributed by atoms with E-state index in [1.165, 1.54) is 25.9 Å². The second kappa shape index (κ2) is 6.48. The van der Waals surface area contributed by atoms with Crippen molar-refractivity contribution >= 4 is 11.6 Å². The number of hydrogen-bond acceptors (Lipinski definition) is 3. The largest absolute Gasteiger partial charge is 0.385 e. The second-order valence-electron chi connectivity index (χ2n) is 6.48. The Balaban J connectivity index is 1.48. The maximum Gasteiger partial charge on any atom is 0.251 e. The number of likely N-dealkylation sites (tertiary alicyclic amines) is 1. The lowest BCUT2D eigenvalue weighted by Crippen LogP contribution is -2.35. The average molecular weight is 287 g/mol. The Morgan fingerprint density at radius 2 is 2.00 bits per heavy atom. The fraction of sp³-hybridized carbons (Fsp3) is 0.588. The summed E-state index contributed by atoms with van der Waals surface area (Å²) in [5.41, 5.74) is 1.86. The van der Waals surface area contributed by atoms with Crippen LogP contribution >= 0.6 is 0 Å². The Kier molecular flexibility index (Phi) is 4.44. The number of benzene rings is 1. The molecule has 1 atom stereocenters. The maximum atomic E-state index is 11.9. The molecule has 4 nitrogen and oxygen atoms in total. The van der Waals surface area contributed by atoms with E-state index >= 15 is 0 Å². The summed E-state index contributed by atoms with van der Waals surface area (Å²) < 4.78 is 0. The molecule has 0 radical (unpaired) electrons. The molecule has 4 heteroatoms. The first-order valence-electron chi connectivity index (χ1n) is 8.04. The van der Waals surface area contributed by atoms with Crippen molar-refractivity contribution in [2.75, 3.05) is 32.0 Å². The van der Waals surface area contributed by atoms with Crippen LogP contribution in [0.5, 0.6) is 0 Å². The number of nitrogens with one attached hydrogen (secondary N) is 2. The number of carbonyl (C=O) groups excluding carboxylic acids is 1. The third-order valence-electron chi connectivity index (χ3n) is 4.38. The van der Waals surface area contributed by atoms with Crippen molar-refractivity contribution in [1.29, 1.82) is 0 Å². The molecular formula is C17H25N3O. The van der Waals surface area contributed by atoms with Gasteiger partial charge in [0, 0.05) is 30.4 Å². The molecule has 1 aliphatic heterocycles. The van der Waals surface area contributed by atoms with Crippen LogP contribution in [0.25, 0.3) is 0 Å². The number of carbonyl (C=O) groups is 1. The molecule has 2 aliphatic rings. The Morgan fingerprint density at radius 1 is 1.24 bits per heavy atom. The topological polar surface area (TPSA) is 44.4 Å². The molecule has 1 heterocycles. The highest BCUT2D eigenvalue weighted by molar-refractivity contribution is 5.94. The van der Waals surface area contributed by atoms with Crippen LogP contribution in [0, 0.1) is 5.92 Å². The lowest BCUT2D eigenvalue weighted by Gasteiger charge is -2.29. The van der Waals surface area contributed by atoms with Crippen LogP contribution in [0.15, 0.2) is 24.3 Å². The zero-order valence-corrected chi connectivity index (χ0v) is 12.8.